The summed E-state index contributed by atoms with van der Waals surface area (Å²) in [5.74, 6) is -0.858. The van der Waals surface area contributed by atoms with E-state index in [0.717, 1.165) is 0 Å². The minimum Gasteiger partial charge on any atom is -0.366 e. The van der Waals surface area contributed by atoms with Crippen molar-refractivity contribution in [3.8, 4) is 0 Å². The van der Waals surface area contributed by atoms with Gasteiger partial charge in [-0.15, -0.1) is 0 Å². The van der Waals surface area contributed by atoms with Gasteiger partial charge in [0.05, 0.1) is 0 Å². The minimum absolute atomic E-state index is 0.116. The average Bonchev–Trinajstić information content (AvgIpc) is 2.33. The Hall–Kier alpha value is -1.95. The Bertz CT molecular complexity index is 586. The number of hydrogen-bond donors (Lipinski definition) is 2. The van der Waals surface area contributed by atoms with Gasteiger partial charge in [0.2, 0.25) is 5.91 Å². The molecule has 1 amide bonds. The summed E-state index contributed by atoms with van der Waals surface area (Å²) < 4.78 is 14.1. The third-order valence-corrected chi connectivity index (χ3v) is 2.67. The zero-order chi connectivity index (χ0) is 13.1. The third kappa shape index (κ3) is 2.84. The van der Waals surface area contributed by atoms with E-state index < -0.39 is 11.7 Å². The SMILES string of the molecule is NC(=O)c1ccc(Nc2ncc(Br)cc2F)cc1. The van der Waals surface area contributed by atoms with Crippen molar-refractivity contribution >= 4 is 33.3 Å². The number of rotatable bonds is 3. The summed E-state index contributed by atoms with van der Waals surface area (Å²) in [5.41, 5.74) is 6.13. The number of anilines is 2. The topological polar surface area (TPSA) is 68.0 Å². The van der Waals surface area contributed by atoms with E-state index in [-0.39, 0.29) is 5.82 Å². The quantitative estimate of drug-likeness (QED) is 0.916. The highest BCUT2D eigenvalue weighted by atomic mass is 79.9. The van der Waals surface area contributed by atoms with Gasteiger partial charge >= 0.3 is 0 Å². The predicted octanol–water partition coefficient (Wildman–Crippen LogP) is 2.83. The Kier molecular flexibility index (Phi) is 3.57. The van der Waals surface area contributed by atoms with E-state index in [1.165, 1.54) is 12.3 Å². The van der Waals surface area contributed by atoms with Gasteiger partial charge in [0.15, 0.2) is 11.6 Å². The van der Waals surface area contributed by atoms with Crippen molar-refractivity contribution in [3.63, 3.8) is 0 Å². The summed E-state index contributed by atoms with van der Waals surface area (Å²) in [6, 6.07) is 7.68. The molecule has 18 heavy (non-hydrogen) atoms. The number of nitrogens with two attached hydrogens (primary N) is 1. The van der Waals surface area contributed by atoms with Gasteiger partial charge < -0.3 is 11.1 Å². The molecule has 0 radical (unpaired) electrons. The van der Waals surface area contributed by atoms with Crippen LogP contribution in [0, 0.1) is 5.82 Å². The highest BCUT2D eigenvalue weighted by Gasteiger charge is 2.05. The Labute approximate surface area is 111 Å². The number of primary amides is 1. The van der Waals surface area contributed by atoms with Crippen molar-refractivity contribution in [1.29, 1.82) is 0 Å². The first-order chi connectivity index (χ1) is 8.56. The lowest BCUT2D eigenvalue weighted by atomic mass is 10.2. The smallest absolute Gasteiger partial charge is 0.248 e. The second kappa shape index (κ2) is 5.14. The van der Waals surface area contributed by atoms with Crippen LogP contribution >= 0.6 is 15.9 Å². The van der Waals surface area contributed by atoms with Crippen LogP contribution in [-0.4, -0.2) is 10.9 Å². The van der Waals surface area contributed by atoms with Crippen molar-refractivity contribution < 1.29 is 9.18 Å². The molecular formula is C12H9BrFN3O. The zero-order valence-electron chi connectivity index (χ0n) is 9.15. The summed E-state index contributed by atoms with van der Waals surface area (Å²) in [4.78, 5) is 14.8. The Morgan fingerprint density at radius 1 is 1.33 bits per heavy atom. The van der Waals surface area contributed by atoms with Gasteiger partial charge in [0.25, 0.3) is 0 Å². The van der Waals surface area contributed by atoms with Gasteiger partial charge in [0, 0.05) is 21.9 Å². The van der Waals surface area contributed by atoms with Crippen molar-refractivity contribution in [2.24, 2.45) is 5.73 Å². The van der Waals surface area contributed by atoms with E-state index in [9.17, 15) is 9.18 Å². The van der Waals surface area contributed by atoms with Crippen molar-refractivity contribution in [3.05, 3.63) is 52.4 Å². The summed E-state index contributed by atoms with van der Waals surface area (Å²) in [6.45, 7) is 0. The normalized spacial score (nSPS) is 10.1. The molecule has 0 aliphatic carbocycles. The maximum Gasteiger partial charge on any atom is 0.248 e. The first-order valence-electron chi connectivity index (χ1n) is 5.04. The standard InChI is InChI=1S/C12H9BrFN3O/c13-8-5-10(14)12(16-6-8)17-9-3-1-7(2-4-9)11(15)18/h1-6H,(H2,15,18)(H,16,17). The number of nitrogens with one attached hydrogen (secondary N) is 1. The fourth-order valence-electron chi connectivity index (χ4n) is 1.36. The number of halogens is 2. The zero-order valence-corrected chi connectivity index (χ0v) is 10.7. The second-order valence-corrected chi connectivity index (χ2v) is 4.47. The van der Waals surface area contributed by atoms with Crippen LogP contribution in [0.2, 0.25) is 0 Å². The maximum absolute atomic E-state index is 13.5. The van der Waals surface area contributed by atoms with Gasteiger partial charge in [-0.05, 0) is 46.3 Å². The summed E-state index contributed by atoms with van der Waals surface area (Å²) in [5, 5.41) is 2.81. The van der Waals surface area contributed by atoms with Crippen molar-refractivity contribution in [2.45, 2.75) is 0 Å². The molecule has 0 spiro atoms. The van der Waals surface area contributed by atoms with Crippen LogP contribution in [0.1, 0.15) is 10.4 Å². The molecule has 0 aliphatic rings. The van der Waals surface area contributed by atoms with Crippen LogP contribution in [-0.2, 0) is 0 Å². The van der Waals surface area contributed by atoms with Crippen LogP contribution < -0.4 is 11.1 Å². The number of pyridine rings is 1. The minimum atomic E-state index is -0.505. The molecular weight excluding hydrogens is 301 g/mol. The van der Waals surface area contributed by atoms with Gasteiger partial charge in [-0.1, -0.05) is 0 Å². The molecule has 4 nitrogen and oxygen atoms in total. The van der Waals surface area contributed by atoms with Crippen molar-refractivity contribution in [2.75, 3.05) is 5.32 Å². The summed E-state index contributed by atoms with van der Waals surface area (Å²) in [6.07, 6.45) is 1.49. The van der Waals surface area contributed by atoms with Gasteiger partial charge in [-0.25, -0.2) is 9.37 Å². The largest absolute Gasteiger partial charge is 0.366 e. The molecule has 0 fully saturated rings. The van der Waals surface area contributed by atoms with Crippen LogP contribution in [0.4, 0.5) is 15.9 Å². The summed E-state index contributed by atoms with van der Waals surface area (Å²) in [7, 11) is 0. The molecule has 6 heteroatoms. The monoisotopic (exact) mass is 309 g/mol. The predicted molar refractivity (Wildman–Crippen MR) is 70.1 cm³/mol. The van der Waals surface area contributed by atoms with Crippen molar-refractivity contribution in [1.82, 2.24) is 4.98 Å². The van der Waals surface area contributed by atoms with E-state index in [0.29, 0.717) is 15.7 Å². The Balaban J connectivity index is 2.21. The van der Waals surface area contributed by atoms with E-state index in [4.69, 9.17) is 5.73 Å². The number of amides is 1. The number of nitrogens with zero attached hydrogens (tertiary/aromatic N) is 1. The van der Waals surface area contributed by atoms with E-state index >= 15 is 0 Å². The molecule has 0 bridgehead atoms. The lowest BCUT2D eigenvalue weighted by Gasteiger charge is -2.07. The molecule has 0 saturated heterocycles. The molecule has 0 saturated carbocycles. The van der Waals surface area contributed by atoms with Crippen LogP contribution in [0.3, 0.4) is 0 Å². The number of carbonyl (C=O) groups is 1. The number of benzene rings is 1. The van der Waals surface area contributed by atoms with Crippen LogP contribution in [0.5, 0.6) is 0 Å². The van der Waals surface area contributed by atoms with Gasteiger partial charge in [-0.3, -0.25) is 4.79 Å². The number of carbonyl (C=O) groups excluding carboxylic acids is 1. The molecule has 0 atom stereocenters. The molecule has 3 N–H and O–H groups in total. The fourth-order valence-corrected chi connectivity index (χ4v) is 1.66. The number of hydrogen-bond acceptors (Lipinski definition) is 3. The molecule has 0 aliphatic heterocycles. The Morgan fingerprint density at radius 3 is 2.56 bits per heavy atom. The molecule has 1 aromatic carbocycles. The lowest BCUT2D eigenvalue weighted by molar-refractivity contribution is 0.100. The molecule has 1 aromatic heterocycles. The maximum atomic E-state index is 13.5. The molecule has 2 aromatic rings. The lowest BCUT2D eigenvalue weighted by Crippen LogP contribution is -2.10. The highest BCUT2D eigenvalue weighted by Crippen LogP contribution is 2.20. The first kappa shape index (κ1) is 12.5. The Morgan fingerprint density at radius 2 is 2.00 bits per heavy atom. The van der Waals surface area contributed by atoms with Crippen LogP contribution in [0.15, 0.2) is 41.0 Å². The fraction of sp³-hybridized carbons (Fsp3) is 0. The first-order valence-corrected chi connectivity index (χ1v) is 5.83. The molecule has 0 unspecified atom stereocenters. The van der Waals surface area contributed by atoms with Crippen LogP contribution in [0.25, 0.3) is 0 Å². The van der Waals surface area contributed by atoms with Gasteiger partial charge in [0.1, 0.15) is 0 Å². The molecule has 1 heterocycles. The van der Waals surface area contributed by atoms with E-state index in [1.54, 1.807) is 24.3 Å². The van der Waals surface area contributed by atoms with Gasteiger partial charge in [-0.2, -0.15) is 0 Å². The second-order valence-electron chi connectivity index (χ2n) is 3.55. The molecule has 2 rings (SSSR count). The average molecular weight is 310 g/mol. The highest BCUT2D eigenvalue weighted by molar-refractivity contribution is 9.10. The number of aromatic nitrogens is 1. The van der Waals surface area contributed by atoms with E-state index in [1.807, 2.05) is 0 Å². The van der Waals surface area contributed by atoms with E-state index in [2.05, 4.69) is 26.2 Å². The summed E-state index contributed by atoms with van der Waals surface area (Å²) >= 11 is 3.13. The molecule has 92 valence electrons. The third-order valence-electron chi connectivity index (χ3n) is 2.24.